The molecule has 0 aromatic heterocycles. The Balaban J connectivity index is 1.59. The van der Waals surface area contributed by atoms with Gasteiger partial charge in [0.25, 0.3) is 0 Å². The van der Waals surface area contributed by atoms with Crippen molar-refractivity contribution in [1.29, 1.82) is 0 Å². The number of carbonyl (C=O) groups excluding carboxylic acids is 1. The minimum Gasteiger partial charge on any atom is -0.495 e. The maximum Gasteiger partial charge on any atom is 0.173 e. The molecule has 5 nitrogen and oxygen atoms in total. The summed E-state index contributed by atoms with van der Waals surface area (Å²) in [6.45, 7) is 4.91. The molecule has 0 unspecified atom stereocenters. The first-order valence-corrected chi connectivity index (χ1v) is 9.52. The number of halogens is 1. The van der Waals surface area contributed by atoms with Gasteiger partial charge in [-0.15, -0.1) is 0 Å². The second-order valence-corrected chi connectivity index (χ2v) is 7.18. The first-order valence-electron chi connectivity index (χ1n) is 8.73. The SMILES string of the molecule is COc1ccc(Cl)cc1NC(=S)N1CCN(c2ccc(C(C)=O)cc2)CC1. The molecular weight excluding hydrogens is 382 g/mol. The Morgan fingerprint density at radius 2 is 1.78 bits per heavy atom. The van der Waals surface area contributed by atoms with E-state index >= 15 is 0 Å². The van der Waals surface area contributed by atoms with Crippen LogP contribution in [-0.4, -0.2) is 49.1 Å². The van der Waals surface area contributed by atoms with Crippen molar-refractivity contribution in [3.63, 3.8) is 0 Å². The Morgan fingerprint density at radius 1 is 1.11 bits per heavy atom. The predicted molar refractivity (Wildman–Crippen MR) is 114 cm³/mol. The largest absolute Gasteiger partial charge is 0.495 e. The number of hydrogen-bond acceptors (Lipinski definition) is 4. The third-order valence-electron chi connectivity index (χ3n) is 4.61. The van der Waals surface area contributed by atoms with Crippen molar-refractivity contribution in [2.24, 2.45) is 0 Å². The molecule has 2 aromatic carbocycles. The summed E-state index contributed by atoms with van der Waals surface area (Å²) in [5.41, 5.74) is 2.62. The van der Waals surface area contributed by atoms with Crippen LogP contribution in [0.1, 0.15) is 17.3 Å². The number of nitrogens with one attached hydrogen (secondary N) is 1. The minimum absolute atomic E-state index is 0.0826. The summed E-state index contributed by atoms with van der Waals surface area (Å²) in [5, 5.41) is 4.52. The molecule has 2 aromatic rings. The van der Waals surface area contributed by atoms with Crippen molar-refractivity contribution < 1.29 is 9.53 Å². The molecule has 0 spiro atoms. The number of rotatable bonds is 4. The quantitative estimate of drug-likeness (QED) is 0.613. The Bertz CT molecular complexity index is 834. The summed E-state index contributed by atoms with van der Waals surface area (Å²) in [5.74, 6) is 0.783. The molecule has 0 atom stereocenters. The highest BCUT2D eigenvalue weighted by Gasteiger charge is 2.20. The maximum atomic E-state index is 11.4. The molecule has 0 aliphatic carbocycles. The summed E-state index contributed by atoms with van der Waals surface area (Å²) < 4.78 is 5.36. The Kier molecular flexibility index (Phi) is 6.19. The van der Waals surface area contributed by atoms with Gasteiger partial charge in [0, 0.05) is 42.5 Å². The summed E-state index contributed by atoms with van der Waals surface area (Å²) in [6, 6.07) is 13.2. The molecular formula is C20H22ClN3O2S. The van der Waals surface area contributed by atoms with Gasteiger partial charge in [-0.2, -0.15) is 0 Å². The molecule has 0 saturated carbocycles. The van der Waals surface area contributed by atoms with E-state index in [0.29, 0.717) is 15.9 Å². The van der Waals surface area contributed by atoms with Gasteiger partial charge >= 0.3 is 0 Å². The van der Waals surface area contributed by atoms with Crippen LogP contribution in [-0.2, 0) is 0 Å². The summed E-state index contributed by atoms with van der Waals surface area (Å²) in [6.07, 6.45) is 0. The standard InChI is InChI=1S/C20H22ClN3O2S/c1-14(25)15-3-6-17(7-4-15)23-9-11-24(12-10-23)20(27)22-18-13-16(21)5-8-19(18)26-2/h3-8,13H,9-12H2,1-2H3,(H,22,27). The molecule has 3 rings (SSSR count). The van der Waals surface area contributed by atoms with Gasteiger partial charge in [-0.1, -0.05) is 11.6 Å². The summed E-state index contributed by atoms with van der Waals surface area (Å²) in [7, 11) is 1.62. The third-order valence-corrected chi connectivity index (χ3v) is 5.20. The first-order chi connectivity index (χ1) is 13.0. The lowest BCUT2D eigenvalue weighted by Crippen LogP contribution is -2.50. The average Bonchev–Trinajstić information content (AvgIpc) is 2.68. The molecule has 7 heteroatoms. The van der Waals surface area contributed by atoms with Crippen LogP contribution in [0, 0.1) is 0 Å². The Hall–Kier alpha value is -2.31. The molecule has 1 saturated heterocycles. The zero-order valence-corrected chi connectivity index (χ0v) is 16.9. The van der Waals surface area contributed by atoms with Crippen molar-refractivity contribution in [3.8, 4) is 5.75 Å². The molecule has 0 amide bonds. The normalized spacial score (nSPS) is 14.0. The second kappa shape index (κ2) is 8.59. The van der Waals surface area contributed by atoms with E-state index in [1.807, 2.05) is 30.3 Å². The van der Waals surface area contributed by atoms with Crippen LogP contribution in [0.2, 0.25) is 5.02 Å². The average molecular weight is 404 g/mol. The number of anilines is 2. The lowest BCUT2D eigenvalue weighted by Gasteiger charge is -2.37. The minimum atomic E-state index is 0.0826. The maximum absolute atomic E-state index is 11.4. The molecule has 0 radical (unpaired) electrons. The number of thiocarbonyl (C=S) groups is 1. The fourth-order valence-electron chi connectivity index (χ4n) is 3.05. The van der Waals surface area contributed by atoms with Gasteiger partial charge in [0.2, 0.25) is 0 Å². The van der Waals surface area contributed by atoms with Crippen LogP contribution in [0.5, 0.6) is 5.75 Å². The van der Waals surface area contributed by atoms with Gasteiger partial charge in [0.1, 0.15) is 5.75 Å². The lowest BCUT2D eigenvalue weighted by atomic mass is 10.1. The van der Waals surface area contributed by atoms with E-state index < -0.39 is 0 Å². The second-order valence-electron chi connectivity index (χ2n) is 6.35. The molecule has 1 heterocycles. The van der Waals surface area contributed by atoms with Gasteiger partial charge in [0.05, 0.1) is 12.8 Å². The van der Waals surface area contributed by atoms with E-state index in [1.54, 1.807) is 26.2 Å². The highest BCUT2D eigenvalue weighted by molar-refractivity contribution is 7.80. The fraction of sp³-hybridized carbons (Fsp3) is 0.300. The van der Waals surface area contributed by atoms with Crippen molar-refractivity contribution in [2.75, 3.05) is 43.5 Å². The van der Waals surface area contributed by atoms with E-state index in [-0.39, 0.29) is 5.78 Å². The molecule has 142 valence electrons. The zero-order chi connectivity index (χ0) is 19.4. The molecule has 0 bridgehead atoms. The number of hydrogen-bond donors (Lipinski definition) is 1. The van der Waals surface area contributed by atoms with Gasteiger partial charge in [0.15, 0.2) is 10.9 Å². The summed E-state index contributed by atoms with van der Waals surface area (Å²) >= 11 is 11.6. The van der Waals surface area contributed by atoms with Crippen LogP contribution in [0.15, 0.2) is 42.5 Å². The highest BCUT2D eigenvalue weighted by atomic mass is 35.5. The molecule has 1 aliphatic heterocycles. The number of Topliss-reactive ketones (excluding diaryl/α,β-unsaturated/α-hetero) is 1. The van der Waals surface area contributed by atoms with Gasteiger partial charge in [-0.05, 0) is 61.6 Å². The Morgan fingerprint density at radius 3 is 2.37 bits per heavy atom. The highest BCUT2D eigenvalue weighted by Crippen LogP contribution is 2.28. The molecule has 1 aliphatic rings. The van der Waals surface area contributed by atoms with Crippen molar-refractivity contribution in [3.05, 3.63) is 53.1 Å². The van der Waals surface area contributed by atoms with Crippen LogP contribution in [0.3, 0.4) is 0 Å². The van der Waals surface area contributed by atoms with E-state index in [4.69, 9.17) is 28.6 Å². The third kappa shape index (κ3) is 4.70. The molecule has 27 heavy (non-hydrogen) atoms. The lowest BCUT2D eigenvalue weighted by molar-refractivity contribution is 0.101. The molecule has 1 N–H and O–H groups in total. The zero-order valence-electron chi connectivity index (χ0n) is 15.4. The Labute approximate surface area is 169 Å². The van der Waals surface area contributed by atoms with E-state index in [9.17, 15) is 4.79 Å². The van der Waals surface area contributed by atoms with E-state index in [0.717, 1.165) is 43.1 Å². The van der Waals surface area contributed by atoms with Crippen LogP contribution in [0.4, 0.5) is 11.4 Å². The van der Waals surface area contributed by atoms with Crippen molar-refractivity contribution in [1.82, 2.24) is 4.90 Å². The van der Waals surface area contributed by atoms with Gasteiger partial charge in [-0.25, -0.2) is 0 Å². The topological polar surface area (TPSA) is 44.8 Å². The van der Waals surface area contributed by atoms with Crippen LogP contribution >= 0.6 is 23.8 Å². The van der Waals surface area contributed by atoms with Gasteiger partial charge in [-0.3, -0.25) is 4.79 Å². The number of ether oxygens (including phenoxy) is 1. The van der Waals surface area contributed by atoms with E-state index in [2.05, 4.69) is 15.1 Å². The van der Waals surface area contributed by atoms with Crippen molar-refractivity contribution in [2.45, 2.75) is 6.92 Å². The van der Waals surface area contributed by atoms with Gasteiger partial charge < -0.3 is 19.9 Å². The van der Waals surface area contributed by atoms with Crippen molar-refractivity contribution >= 4 is 46.1 Å². The smallest absolute Gasteiger partial charge is 0.173 e. The van der Waals surface area contributed by atoms with E-state index in [1.165, 1.54) is 0 Å². The number of piperazine rings is 1. The fourth-order valence-corrected chi connectivity index (χ4v) is 3.51. The number of benzene rings is 2. The number of nitrogens with zero attached hydrogens (tertiary/aromatic N) is 2. The molecule has 1 fully saturated rings. The number of carbonyl (C=O) groups is 1. The van der Waals surface area contributed by atoms with Crippen LogP contribution in [0.25, 0.3) is 0 Å². The monoisotopic (exact) mass is 403 g/mol. The van der Waals surface area contributed by atoms with Crippen LogP contribution < -0.4 is 15.0 Å². The number of ketones is 1. The predicted octanol–water partition coefficient (Wildman–Crippen LogP) is 4.07. The number of methoxy groups -OCH3 is 1. The first kappa shape index (κ1) is 19.5. The summed E-state index contributed by atoms with van der Waals surface area (Å²) in [4.78, 5) is 15.8.